The van der Waals surface area contributed by atoms with Crippen molar-refractivity contribution >= 4 is 18.3 Å². The Morgan fingerprint density at radius 3 is 2.87 bits per heavy atom. The van der Waals surface area contributed by atoms with Crippen LogP contribution in [0.15, 0.2) is 4.99 Å². The first-order chi connectivity index (χ1) is 6.98. The summed E-state index contributed by atoms with van der Waals surface area (Å²) in [4.78, 5) is 30.4. The van der Waals surface area contributed by atoms with Crippen molar-refractivity contribution in [1.82, 2.24) is 15.5 Å². The van der Waals surface area contributed by atoms with Crippen molar-refractivity contribution < 1.29 is 24.8 Å². The average Bonchev–Trinajstić information content (AvgIpc) is 2.55. The molecule has 0 aromatic rings. The largest absolute Gasteiger partial charge is 0.348 e. The van der Waals surface area contributed by atoms with Crippen LogP contribution in [0.25, 0.3) is 0 Å². The molecule has 2 aliphatic heterocycles. The van der Waals surface area contributed by atoms with Crippen LogP contribution in [0, 0.1) is 0 Å². The van der Waals surface area contributed by atoms with E-state index in [9.17, 15) is 20.0 Å². The summed E-state index contributed by atoms with van der Waals surface area (Å²) in [7, 11) is 1.17. The van der Waals surface area contributed by atoms with Gasteiger partial charge < -0.3 is 10.4 Å². The summed E-state index contributed by atoms with van der Waals surface area (Å²) in [6, 6.07) is -0.879. The lowest BCUT2D eigenvalue weighted by molar-refractivity contribution is -0.406. The number of aliphatic imine (C=N–C) groups is 1. The van der Waals surface area contributed by atoms with Gasteiger partial charge in [0.05, 0.1) is 6.34 Å². The lowest BCUT2D eigenvalue weighted by atomic mass is 10.0. The molecule has 2 heterocycles. The van der Waals surface area contributed by atoms with Crippen LogP contribution in [0.5, 0.6) is 0 Å². The van der Waals surface area contributed by atoms with E-state index >= 15 is 0 Å². The number of hydrogen-bond donors (Lipinski definition) is 3. The van der Waals surface area contributed by atoms with Crippen molar-refractivity contribution in [3.63, 3.8) is 0 Å². The van der Waals surface area contributed by atoms with E-state index in [-0.39, 0.29) is 0 Å². The first-order valence-electron chi connectivity index (χ1n) is 3.92. The normalized spacial score (nSPS) is 38.7. The first kappa shape index (κ1) is 9.83. The number of nitrogens with one attached hydrogen (secondary N) is 2. The molecule has 9 nitrogen and oxygen atoms in total. The van der Waals surface area contributed by atoms with Crippen molar-refractivity contribution in [2.24, 2.45) is 4.99 Å². The monoisotopic (exact) mass is 215 g/mol. The molecule has 0 aromatic carbocycles. The van der Waals surface area contributed by atoms with Crippen LogP contribution in [-0.2, 0) is 14.9 Å². The topological polar surface area (TPSA) is 123 Å². The number of urea groups is 1. The van der Waals surface area contributed by atoms with Gasteiger partial charge in [-0.3, -0.25) is 15.0 Å². The van der Waals surface area contributed by atoms with Gasteiger partial charge in [0.2, 0.25) is 0 Å². The van der Waals surface area contributed by atoms with Crippen LogP contribution in [0.3, 0.4) is 0 Å². The average molecular weight is 215 g/mol. The van der Waals surface area contributed by atoms with Gasteiger partial charge in [-0.15, -0.1) is 0 Å². The second kappa shape index (κ2) is 2.66. The highest BCUT2D eigenvalue weighted by atomic mass is 17.1. The number of hydrogen-bond acceptors (Lipinski definition) is 6. The second-order valence-electron chi connectivity index (χ2n) is 3.12. The maximum Gasteiger partial charge on any atom is 0.327 e. The maximum absolute atomic E-state index is 11.4. The van der Waals surface area contributed by atoms with Crippen LogP contribution in [-0.4, -0.2) is 46.9 Å². The Hall–Kier alpha value is -1.71. The van der Waals surface area contributed by atoms with E-state index in [0.29, 0.717) is 4.90 Å². The van der Waals surface area contributed by atoms with Gasteiger partial charge in [0.1, 0.15) is 0 Å². The first-order valence-corrected chi connectivity index (χ1v) is 3.92. The van der Waals surface area contributed by atoms with Gasteiger partial charge in [-0.2, -0.15) is 4.89 Å². The zero-order valence-electron chi connectivity index (χ0n) is 7.55. The number of likely N-dealkylation sites (N-methyl/N-ethyl adjacent to an activating group) is 1. The third-order valence-electron chi connectivity index (χ3n) is 2.42. The van der Waals surface area contributed by atoms with Crippen LogP contribution in [0.2, 0.25) is 0 Å². The van der Waals surface area contributed by atoms with Gasteiger partial charge in [0.25, 0.3) is 5.91 Å². The number of rotatable bonds is 1. The van der Waals surface area contributed by atoms with Gasteiger partial charge in [-0.1, -0.05) is 0 Å². The highest BCUT2D eigenvalue weighted by molar-refractivity contribution is 6.04. The van der Waals surface area contributed by atoms with E-state index in [1.165, 1.54) is 7.05 Å². The Morgan fingerprint density at radius 1 is 1.60 bits per heavy atom. The SMILES string of the molecule is CN1C(=O)NC(=O)C2(O[O])NC=NC12O. The predicted molar refractivity (Wildman–Crippen MR) is 42.4 cm³/mol. The molecule has 2 aliphatic rings. The highest BCUT2D eigenvalue weighted by Gasteiger charge is 2.69. The Bertz CT molecular complexity index is 371. The van der Waals surface area contributed by atoms with Crippen LogP contribution >= 0.6 is 0 Å². The smallest absolute Gasteiger partial charge is 0.327 e. The number of carbonyl (C=O) groups is 2. The molecule has 1 saturated heterocycles. The zero-order valence-corrected chi connectivity index (χ0v) is 7.55. The lowest BCUT2D eigenvalue weighted by Gasteiger charge is -2.43. The Kier molecular flexibility index (Phi) is 1.74. The number of fused-ring (bicyclic) bond motifs is 1. The van der Waals surface area contributed by atoms with Gasteiger partial charge in [-0.25, -0.2) is 9.79 Å². The minimum absolute atomic E-state index is 0.683. The van der Waals surface area contributed by atoms with Crippen LogP contribution in [0.4, 0.5) is 4.79 Å². The molecular weight excluding hydrogens is 208 g/mol. The second-order valence-corrected chi connectivity index (χ2v) is 3.12. The molecule has 9 heteroatoms. The van der Waals surface area contributed by atoms with Crippen LogP contribution < -0.4 is 10.6 Å². The molecule has 1 radical (unpaired) electrons. The molecule has 2 atom stereocenters. The molecule has 3 N–H and O–H groups in total. The van der Waals surface area contributed by atoms with E-state index in [0.717, 1.165) is 6.34 Å². The molecule has 0 aromatic heterocycles. The standard InChI is InChI=1S/C6H7N4O5/c1-10-4(12)9-3(11)5(15-14)6(10,13)8-2-7-5/h2,13H,1H3,(H,7,8)(H,9,11,12). The molecule has 15 heavy (non-hydrogen) atoms. The van der Waals surface area contributed by atoms with Crippen molar-refractivity contribution in [3.05, 3.63) is 0 Å². The summed E-state index contributed by atoms with van der Waals surface area (Å²) in [5.74, 6) is -3.46. The fraction of sp³-hybridized carbons (Fsp3) is 0.500. The Morgan fingerprint density at radius 2 is 2.27 bits per heavy atom. The number of amides is 3. The van der Waals surface area contributed by atoms with Gasteiger partial charge in [-0.05, 0) is 5.26 Å². The number of aliphatic hydroxyl groups is 1. The third kappa shape index (κ3) is 0.888. The molecular formula is C6H7N4O5. The molecule has 0 spiro atoms. The Labute approximate surface area is 83.3 Å². The molecule has 0 bridgehead atoms. The molecule has 81 valence electrons. The van der Waals surface area contributed by atoms with Crippen molar-refractivity contribution in [1.29, 1.82) is 0 Å². The number of imide groups is 1. The van der Waals surface area contributed by atoms with E-state index in [1.807, 2.05) is 5.32 Å². The zero-order chi connectivity index (χ0) is 11.3. The quantitative estimate of drug-likeness (QED) is 0.329. The minimum Gasteiger partial charge on any atom is -0.348 e. The molecule has 3 amide bonds. The summed E-state index contributed by atoms with van der Waals surface area (Å²) < 4.78 is 0. The fourth-order valence-electron chi connectivity index (χ4n) is 1.47. The number of carbonyl (C=O) groups excluding carboxylic acids is 2. The molecule has 0 saturated carbocycles. The van der Waals surface area contributed by atoms with Gasteiger partial charge in [0.15, 0.2) is 0 Å². The van der Waals surface area contributed by atoms with Crippen LogP contribution in [0.1, 0.15) is 0 Å². The molecule has 1 fully saturated rings. The number of nitrogens with zero attached hydrogens (tertiary/aromatic N) is 2. The van der Waals surface area contributed by atoms with E-state index in [2.05, 4.69) is 15.2 Å². The minimum atomic E-state index is -2.37. The summed E-state index contributed by atoms with van der Waals surface area (Å²) in [5, 5.41) is 24.5. The van der Waals surface area contributed by atoms with Crippen molar-refractivity contribution in [2.75, 3.05) is 7.05 Å². The highest BCUT2D eigenvalue weighted by Crippen LogP contribution is 2.33. The molecule has 2 rings (SSSR count). The predicted octanol–water partition coefficient (Wildman–Crippen LogP) is -2.50. The summed E-state index contributed by atoms with van der Waals surface area (Å²) >= 11 is 0. The van der Waals surface area contributed by atoms with Crippen molar-refractivity contribution in [3.8, 4) is 0 Å². The van der Waals surface area contributed by atoms with E-state index in [1.54, 1.807) is 0 Å². The molecule has 0 aliphatic carbocycles. The fourth-order valence-corrected chi connectivity index (χ4v) is 1.47. The summed E-state index contributed by atoms with van der Waals surface area (Å²) in [6.45, 7) is 0. The molecule has 2 unspecified atom stereocenters. The maximum atomic E-state index is 11.4. The Balaban J connectivity index is 2.53. The van der Waals surface area contributed by atoms with E-state index < -0.39 is 23.5 Å². The van der Waals surface area contributed by atoms with Gasteiger partial charge >= 0.3 is 17.6 Å². The van der Waals surface area contributed by atoms with E-state index in [4.69, 9.17) is 0 Å². The lowest BCUT2D eigenvalue weighted by Crippen LogP contribution is -2.78. The van der Waals surface area contributed by atoms with Crippen molar-refractivity contribution in [2.45, 2.75) is 11.6 Å². The summed E-state index contributed by atoms with van der Waals surface area (Å²) in [5.41, 5.74) is -2.34. The third-order valence-corrected chi connectivity index (χ3v) is 2.42. The summed E-state index contributed by atoms with van der Waals surface area (Å²) in [6.07, 6.45) is 0.923. The van der Waals surface area contributed by atoms with Gasteiger partial charge in [0, 0.05) is 7.05 Å².